The van der Waals surface area contributed by atoms with Crippen molar-refractivity contribution < 1.29 is 18.9 Å². The van der Waals surface area contributed by atoms with Crippen molar-refractivity contribution in [3.8, 4) is 23.8 Å². The number of halogens is 2. The monoisotopic (exact) mass is 687 g/mol. The summed E-state index contributed by atoms with van der Waals surface area (Å²) in [5.74, 6) is 4.47. The van der Waals surface area contributed by atoms with Crippen molar-refractivity contribution in [1.82, 2.24) is 19.5 Å². The third-order valence-corrected chi connectivity index (χ3v) is 9.50. The largest absolute Gasteiger partial charge is 0.497 e. The van der Waals surface area contributed by atoms with Crippen molar-refractivity contribution in [2.45, 2.75) is 50.8 Å². The number of nitrogens with one attached hydrogen (secondary N) is 1. The van der Waals surface area contributed by atoms with Gasteiger partial charge in [0.05, 0.1) is 33.9 Å². The van der Waals surface area contributed by atoms with Gasteiger partial charge in [-0.1, -0.05) is 29.7 Å². The number of nitrogens with zero attached hydrogens (tertiary/aromatic N) is 4. The van der Waals surface area contributed by atoms with Gasteiger partial charge in [-0.15, -0.1) is 6.42 Å². The maximum Gasteiger partial charge on any atom is 0.163 e. The van der Waals surface area contributed by atoms with Crippen molar-refractivity contribution in [2.75, 3.05) is 19.0 Å². The van der Waals surface area contributed by atoms with E-state index in [1.165, 1.54) is 6.33 Å². The summed E-state index contributed by atoms with van der Waals surface area (Å²) in [6.07, 6.45) is 9.60. The summed E-state index contributed by atoms with van der Waals surface area (Å²) >= 11 is 10.0. The van der Waals surface area contributed by atoms with Crippen LogP contribution in [-0.2, 0) is 16.0 Å². The van der Waals surface area contributed by atoms with Crippen LogP contribution in [0.15, 0.2) is 71.6 Å². The molecule has 7 rings (SSSR count). The smallest absolute Gasteiger partial charge is 0.163 e. The molecule has 4 heterocycles. The van der Waals surface area contributed by atoms with Gasteiger partial charge in [0.25, 0.3) is 0 Å². The Labute approximate surface area is 274 Å². The molecule has 230 valence electrons. The molecular weight excluding hydrogens is 658 g/mol. The molecule has 45 heavy (non-hydrogen) atoms. The molecule has 1 aliphatic heterocycles. The van der Waals surface area contributed by atoms with E-state index in [1.54, 1.807) is 7.11 Å². The van der Waals surface area contributed by atoms with Crippen LogP contribution in [0.4, 0.5) is 5.82 Å². The highest BCUT2D eigenvalue weighted by Gasteiger charge is 2.62. The summed E-state index contributed by atoms with van der Waals surface area (Å²) in [5.41, 5.74) is 1.87. The number of fused-ring (bicyclic) bond motifs is 3. The van der Waals surface area contributed by atoms with Gasteiger partial charge in [0.15, 0.2) is 5.79 Å². The number of pyridine rings is 1. The number of terminal acetylenes is 1. The Hall–Kier alpha value is -3.88. The van der Waals surface area contributed by atoms with E-state index in [0.29, 0.717) is 23.9 Å². The topological polar surface area (TPSA) is 92.6 Å². The molecule has 1 saturated carbocycles. The third kappa shape index (κ3) is 5.48. The van der Waals surface area contributed by atoms with Crippen LogP contribution in [0.2, 0.25) is 5.15 Å². The van der Waals surface area contributed by atoms with Crippen LogP contribution in [-0.4, -0.2) is 51.2 Å². The highest BCUT2D eigenvalue weighted by atomic mass is 79.9. The van der Waals surface area contributed by atoms with Crippen molar-refractivity contribution in [3.63, 3.8) is 0 Å². The Morgan fingerprint density at radius 1 is 1.11 bits per heavy atom. The van der Waals surface area contributed by atoms with E-state index in [9.17, 15) is 0 Å². The minimum Gasteiger partial charge on any atom is -0.497 e. The van der Waals surface area contributed by atoms with Crippen LogP contribution in [0, 0.1) is 17.8 Å². The number of hydrogen-bond acceptors (Lipinski definition) is 8. The van der Waals surface area contributed by atoms with E-state index in [1.807, 2.05) is 74.6 Å². The standard InChI is InChI=1S/C34H31BrClN5O4/c1-5-34(16-27(28-29(34)45-33(2,3)44-28)41-13-12-24-30(36)38-19-39-32(24)41)18-43-23-11-8-21-14-25(35)31(40-26(21)15-23)37-17-20-6-9-22(42-4)10-7-20/h1,6-15,19,27-29H,16-18H2,2-4H3,(H,37,40)/t27-,28+,29+,34-/m1/s1. The van der Waals surface area contributed by atoms with Crippen LogP contribution in [0.5, 0.6) is 11.5 Å². The summed E-state index contributed by atoms with van der Waals surface area (Å²) < 4.78 is 27.6. The molecule has 0 bridgehead atoms. The summed E-state index contributed by atoms with van der Waals surface area (Å²) in [6, 6.07) is 17.6. The fourth-order valence-corrected chi connectivity index (χ4v) is 7.03. The molecule has 1 N–H and O–H groups in total. The van der Waals surface area contributed by atoms with Crippen LogP contribution in [0.3, 0.4) is 0 Å². The van der Waals surface area contributed by atoms with Crippen molar-refractivity contribution in [3.05, 3.63) is 82.3 Å². The zero-order valence-electron chi connectivity index (χ0n) is 25.0. The summed E-state index contributed by atoms with van der Waals surface area (Å²) in [7, 11) is 1.66. The second-order valence-corrected chi connectivity index (χ2v) is 13.1. The number of anilines is 1. The molecule has 5 aromatic rings. The Kier molecular flexibility index (Phi) is 7.61. The molecular formula is C34H31BrClN5O4. The summed E-state index contributed by atoms with van der Waals surface area (Å²) in [4.78, 5) is 13.5. The number of hydrogen-bond donors (Lipinski definition) is 1. The maximum absolute atomic E-state index is 6.46. The van der Waals surface area contributed by atoms with Crippen LogP contribution in [0.25, 0.3) is 21.9 Å². The number of rotatable bonds is 8. The van der Waals surface area contributed by atoms with Crippen LogP contribution >= 0.6 is 27.5 Å². The molecule has 0 spiro atoms. The molecule has 2 aliphatic rings. The summed E-state index contributed by atoms with van der Waals surface area (Å²) in [5, 5.41) is 5.58. The van der Waals surface area contributed by atoms with E-state index < -0.39 is 11.2 Å². The molecule has 9 nitrogen and oxygen atoms in total. The van der Waals surface area contributed by atoms with Gasteiger partial charge >= 0.3 is 0 Å². The zero-order chi connectivity index (χ0) is 31.3. The first kappa shape index (κ1) is 29.8. The number of ether oxygens (including phenoxy) is 4. The molecule has 1 aliphatic carbocycles. The van der Waals surface area contributed by atoms with Gasteiger partial charge < -0.3 is 28.8 Å². The number of methoxy groups -OCH3 is 1. The predicted molar refractivity (Wildman–Crippen MR) is 177 cm³/mol. The fourth-order valence-electron chi connectivity index (χ4n) is 6.37. The van der Waals surface area contributed by atoms with E-state index >= 15 is 0 Å². The SMILES string of the molecule is C#C[C@]1(COc2ccc3cc(Br)c(NCc4ccc(OC)cc4)nc3c2)C[C@@H](n2ccc3c(Cl)ncnc32)[C@@H]2OC(C)(C)O[C@@H]21. The highest BCUT2D eigenvalue weighted by molar-refractivity contribution is 9.10. The zero-order valence-corrected chi connectivity index (χ0v) is 27.3. The predicted octanol–water partition coefficient (Wildman–Crippen LogP) is 7.18. The average Bonchev–Trinajstić information content (AvgIpc) is 3.70. The molecule has 2 fully saturated rings. The van der Waals surface area contributed by atoms with E-state index in [0.717, 1.165) is 43.5 Å². The van der Waals surface area contributed by atoms with Gasteiger partial charge in [-0.2, -0.15) is 0 Å². The normalized spacial score (nSPS) is 23.6. The Balaban J connectivity index is 1.13. The Morgan fingerprint density at radius 3 is 2.69 bits per heavy atom. The highest BCUT2D eigenvalue weighted by Crippen LogP contribution is 2.54. The summed E-state index contributed by atoms with van der Waals surface area (Å²) in [6.45, 7) is 4.66. The molecule has 0 amide bonds. The molecule has 0 radical (unpaired) electrons. The molecule has 11 heteroatoms. The Bertz CT molecular complexity index is 1940. The van der Waals surface area contributed by atoms with Crippen molar-refractivity contribution in [2.24, 2.45) is 5.41 Å². The average molecular weight is 689 g/mol. The minimum absolute atomic E-state index is 0.144. The second kappa shape index (κ2) is 11.5. The number of benzene rings is 2. The van der Waals surface area contributed by atoms with Gasteiger partial charge in [0.1, 0.15) is 53.3 Å². The van der Waals surface area contributed by atoms with E-state index in [2.05, 4.69) is 41.7 Å². The van der Waals surface area contributed by atoms with Crippen LogP contribution in [0.1, 0.15) is 31.9 Å². The minimum atomic E-state index is -0.804. The molecule has 3 aromatic heterocycles. The lowest BCUT2D eigenvalue weighted by molar-refractivity contribution is -0.166. The lowest BCUT2D eigenvalue weighted by Gasteiger charge is -2.30. The first-order valence-corrected chi connectivity index (χ1v) is 15.8. The van der Waals surface area contributed by atoms with Crippen molar-refractivity contribution in [1.29, 1.82) is 0 Å². The fraction of sp³-hybridized carbons (Fsp3) is 0.324. The first-order chi connectivity index (χ1) is 21.7. The first-order valence-electron chi connectivity index (χ1n) is 14.6. The van der Waals surface area contributed by atoms with Crippen LogP contribution < -0.4 is 14.8 Å². The lowest BCUT2D eigenvalue weighted by Crippen LogP contribution is -2.39. The number of aromatic nitrogens is 4. The molecule has 2 aromatic carbocycles. The third-order valence-electron chi connectivity index (χ3n) is 8.59. The second-order valence-electron chi connectivity index (χ2n) is 11.9. The maximum atomic E-state index is 6.46. The van der Waals surface area contributed by atoms with Gasteiger partial charge in [-0.3, -0.25) is 0 Å². The van der Waals surface area contributed by atoms with E-state index in [4.69, 9.17) is 42.0 Å². The van der Waals surface area contributed by atoms with Gasteiger partial charge in [0.2, 0.25) is 0 Å². The molecule has 1 saturated heterocycles. The lowest BCUT2D eigenvalue weighted by atomic mass is 9.85. The van der Waals surface area contributed by atoms with Gasteiger partial charge in [0, 0.05) is 24.2 Å². The Morgan fingerprint density at radius 2 is 1.91 bits per heavy atom. The van der Waals surface area contributed by atoms with Gasteiger partial charge in [-0.05, 0) is 78.2 Å². The molecule has 0 unspecified atom stereocenters. The molecule has 4 atom stereocenters. The quantitative estimate of drug-likeness (QED) is 0.135. The van der Waals surface area contributed by atoms with E-state index in [-0.39, 0.29) is 24.9 Å². The van der Waals surface area contributed by atoms with Crippen molar-refractivity contribution >= 4 is 55.3 Å². The van der Waals surface area contributed by atoms with Gasteiger partial charge in [-0.25, -0.2) is 15.0 Å².